The lowest BCUT2D eigenvalue weighted by atomic mass is 10.1. The van der Waals surface area contributed by atoms with Gasteiger partial charge in [-0.15, -0.1) is 0 Å². The zero-order valence-corrected chi connectivity index (χ0v) is 15.9. The maximum Gasteiger partial charge on any atom is 0.471 e. The smallest absolute Gasteiger partial charge is 0.363 e. The quantitative estimate of drug-likeness (QED) is 0.606. The molecule has 0 radical (unpaired) electrons. The van der Waals surface area contributed by atoms with Gasteiger partial charge in [-0.2, -0.15) is 18.2 Å². The van der Waals surface area contributed by atoms with Gasteiger partial charge in [-0.1, -0.05) is 24.4 Å². The van der Waals surface area contributed by atoms with Gasteiger partial charge in [-0.05, 0) is 25.0 Å². The van der Waals surface area contributed by atoms with Crippen molar-refractivity contribution in [1.82, 2.24) is 15.1 Å². The SMILES string of the molecule is CN(C)c1ccc(NC(=O)CCCCCCCc2noc(C(F)(F)F)n2)cn1. The number of aromatic nitrogens is 3. The van der Waals surface area contributed by atoms with Gasteiger partial charge in [0.1, 0.15) is 5.82 Å². The topological polar surface area (TPSA) is 84.2 Å². The van der Waals surface area contributed by atoms with Gasteiger partial charge >= 0.3 is 12.1 Å². The minimum Gasteiger partial charge on any atom is -0.363 e. The number of rotatable bonds is 10. The highest BCUT2D eigenvalue weighted by molar-refractivity contribution is 5.90. The second-order valence-electron chi connectivity index (χ2n) is 6.63. The molecule has 1 amide bonds. The summed E-state index contributed by atoms with van der Waals surface area (Å²) < 4.78 is 41.2. The van der Waals surface area contributed by atoms with Crippen molar-refractivity contribution >= 4 is 17.4 Å². The van der Waals surface area contributed by atoms with E-state index in [1.54, 1.807) is 6.20 Å². The second kappa shape index (κ2) is 10.0. The van der Waals surface area contributed by atoms with Crippen LogP contribution >= 0.6 is 0 Å². The molecule has 7 nitrogen and oxygen atoms in total. The number of nitrogens with one attached hydrogen (secondary N) is 1. The van der Waals surface area contributed by atoms with Gasteiger partial charge in [0.05, 0.1) is 11.9 Å². The molecule has 0 aliphatic heterocycles. The minimum atomic E-state index is -4.60. The third-order valence-corrected chi connectivity index (χ3v) is 4.00. The first-order valence-electron chi connectivity index (χ1n) is 9.08. The summed E-state index contributed by atoms with van der Waals surface area (Å²) in [5.41, 5.74) is 0.661. The summed E-state index contributed by atoms with van der Waals surface area (Å²) in [6.45, 7) is 0. The predicted molar refractivity (Wildman–Crippen MR) is 97.9 cm³/mol. The summed E-state index contributed by atoms with van der Waals surface area (Å²) in [6, 6.07) is 3.64. The molecule has 28 heavy (non-hydrogen) atoms. The van der Waals surface area contributed by atoms with Crippen LogP contribution in [0.1, 0.15) is 50.2 Å². The Bertz CT molecular complexity index is 744. The molecule has 0 saturated heterocycles. The molecule has 0 aliphatic carbocycles. The van der Waals surface area contributed by atoms with Crippen molar-refractivity contribution in [2.75, 3.05) is 24.3 Å². The normalized spacial score (nSPS) is 11.5. The Kier molecular flexibility index (Phi) is 7.77. The summed E-state index contributed by atoms with van der Waals surface area (Å²) in [4.78, 5) is 21.4. The van der Waals surface area contributed by atoms with Gasteiger partial charge < -0.3 is 14.7 Å². The Morgan fingerprint density at radius 3 is 2.46 bits per heavy atom. The van der Waals surface area contributed by atoms with E-state index in [9.17, 15) is 18.0 Å². The number of anilines is 2. The van der Waals surface area contributed by atoms with E-state index >= 15 is 0 Å². The minimum absolute atomic E-state index is 0.0640. The Balaban J connectivity index is 1.55. The summed E-state index contributed by atoms with van der Waals surface area (Å²) >= 11 is 0. The Morgan fingerprint density at radius 1 is 1.14 bits per heavy atom. The highest BCUT2D eigenvalue weighted by Crippen LogP contribution is 2.27. The fourth-order valence-electron chi connectivity index (χ4n) is 2.52. The molecular formula is C18H24F3N5O2. The average Bonchev–Trinajstić information content (AvgIpc) is 3.10. The van der Waals surface area contributed by atoms with Crippen molar-refractivity contribution in [2.45, 2.75) is 51.1 Å². The molecule has 2 rings (SSSR count). The van der Waals surface area contributed by atoms with Gasteiger partial charge in [0.25, 0.3) is 0 Å². The van der Waals surface area contributed by atoms with E-state index in [4.69, 9.17) is 0 Å². The summed E-state index contributed by atoms with van der Waals surface area (Å²) in [5.74, 6) is -0.486. The largest absolute Gasteiger partial charge is 0.471 e. The molecule has 0 aliphatic rings. The van der Waals surface area contributed by atoms with Gasteiger partial charge in [0.2, 0.25) is 5.91 Å². The van der Waals surface area contributed by atoms with Gasteiger partial charge in [-0.25, -0.2) is 4.98 Å². The predicted octanol–water partition coefficient (Wildman–Crippen LogP) is 4.07. The fourth-order valence-corrected chi connectivity index (χ4v) is 2.52. The zero-order chi connectivity index (χ0) is 20.6. The van der Waals surface area contributed by atoms with Crippen LogP contribution in [-0.4, -0.2) is 35.1 Å². The number of alkyl halides is 3. The molecule has 0 unspecified atom stereocenters. The molecule has 2 aromatic heterocycles. The first-order chi connectivity index (χ1) is 13.3. The van der Waals surface area contributed by atoms with Crippen LogP contribution in [0.15, 0.2) is 22.9 Å². The third-order valence-electron chi connectivity index (χ3n) is 4.00. The van der Waals surface area contributed by atoms with E-state index in [-0.39, 0.29) is 11.7 Å². The number of carbonyl (C=O) groups is 1. The van der Waals surface area contributed by atoms with E-state index in [0.717, 1.165) is 31.5 Å². The maximum atomic E-state index is 12.3. The molecule has 0 bridgehead atoms. The zero-order valence-electron chi connectivity index (χ0n) is 15.9. The highest BCUT2D eigenvalue weighted by Gasteiger charge is 2.38. The average molecular weight is 399 g/mol. The van der Waals surface area contributed by atoms with E-state index < -0.39 is 12.1 Å². The van der Waals surface area contributed by atoms with Crippen LogP contribution in [0.25, 0.3) is 0 Å². The maximum absolute atomic E-state index is 12.3. The van der Waals surface area contributed by atoms with Gasteiger partial charge in [-0.3, -0.25) is 4.79 Å². The van der Waals surface area contributed by atoms with Crippen molar-refractivity contribution in [3.63, 3.8) is 0 Å². The molecular weight excluding hydrogens is 375 g/mol. The van der Waals surface area contributed by atoms with E-state index in [1.165, 1.54) is 0 Å². The van der Waals surface area contributed by atoms with Crippen LogP contribution in [0.5, 0.6) is 0 Å². The number of unbranched alkanes of at least 4 members (excludes halogenated alkanes) is 4. The summed E-state index contributed by atoms with van der Waals surface area (Å²) in [5, 5.41) is 6.14. The highest BCUT2D eigenvalue weighted by atomic mass is 19.4. The van der Waals surface area contributed by atoms with Crippen LogP contribution < -0.4 is 10.2 Å². The monoisotopic (exact) mass is 399 g/mol. The number of hydrogen-bond acceptors (Lipinski definition) is 6. The van der Waals surface area contributed by atoms with Crippen molar-refractivity contribution in [1.29, 1.82) is 0 Å². The number of pyridine rings is 1. The van der Waals surface area contributed by atoms with Gasteiger partial charge in [0, 0.05) is 26.9 Å². The number of hydrogen-bond donors (Lipinski definition) is 1. The van der Waals surface area contributed by atoms with Crippen LogP contribution in [0.3, 0.4) is 0 Å². The Labute approximate surface area is 161 Å². The van der Waals surface area contributed by atoms with Gasteiger partial charge in [0.15, 0.2) is 5.82 Å². The van der Waals surface area contributed by atoms with Crippen molar-refractivity contribution < 1.29 is 22.5 Å². The third kappa shape index (κ3) is 7.16. The summed E-state index contributed by atoms with van der Waals surface area (Å²) in [7, 11) is 3.78. The molecule has 0 saturated carbocycles. The number of carbonyl (C=O) groups excluding carboxylic acids is 1. The van der Waals surface area contributed by atoms with Crippen molar-refractivity contribution in [2.24, 2.45) is 0 Å². The molecule has 10 heteroatoms. The lowest BCUT2D eigenvalue weighted by Gasteiger charge is -2.11. The van der Waals surface area contributed by atoms with Crippen molar-refractivity contribution in [3.05, 3.63) is 30.0 Å². The summed E-state index contributed by atoms with van der Waals surface area (Å²) in [6.07, 6.45) is 1.77. The van der Waals surface area contributed by atoms with E-state index in [1.807, 2.05) is 31.1 Å². The molecule has 0 aromatic carbocycles. The Hall–Kier alpha value is -2.65. The first-order valence-corrected chi connectivity index (χ1v) is 9.08. The number of halogens is 3. The van der Waals surface area contributed by atoms with E-state index in [0.29, 0.717) is 24.9 Å². The molecule has 0 fully saturated rings. The molecule has 2 aromatic rings. The van der Waals surface area contributed by atoms with E-state index in [2.05, 4.69) is 25.0 Å². The Morgan fingerprint density at radius 2 is 1.86 bits per heavy atom. The first kappa shape index (κ1) is 21.6. The molecule has 154 valence electrons. The molecule has 0 atom stereocenters. The van der Waals surface area contributed by atoms with Crippen molar-refractivity contribution in [3.8, 4) is 0 Å². The van der Waals surface area contributed by atoms with Crippen LogP contribution in [0, 0.1) is 0 Å². The van der Waals surface area contributed by atoms with Crippen LogP contribution in [0.4, 0.5) is 24.7 Å². The second-order valence-corrected chi connectivity index (χ2v) is 6.63. The lowest BCUT2D eigenvalue weighted by Crippen LogP contribution is -2.13. The molecule has 0 spiro atoms. The number of aryl methyl sites for hydroxylation is 1. The van der Waals surface area contributed by atoms with Crippen LogP contribution in [0.2, 0.25) is 0 Å². The number of amides is 1. The molecule has 1 N–H and O–H groups in total. The fraction of sp³-hybridized carbons (Fsp3) is 0.556. The standard InChI is InChI=1S/C18H24F3N5O2/c1-26(2)15-11-10-13(12-22-15)23-16(27)9-7-5-3-4-6-8-14-24-17(28-25-14)18(19,20)21/h10-12H,3-9H2,1-2H3,(H,23,27). The molecule has 2 heterocycles. The number of nitrogens with zero attached hydrogens (tertiary/aromatic N) is 4. The van der Waals surface area contributed by atoms with Crippen LogP contribution in [-0.2, 0) is 17.4 Å². The lowest BCUT2D eigenvalue weighted by molar-refractivity contribution is -0.159.